The van der Waals surface area contributed by atoms with Gasteiger partial charge in [0, 0.05) is 13.0 Å². The van der Waals surface area contributed by atoms with Crippen LogP contribution in [0.15, 0.2) is 97.2 Å². The van der Waals surface area contributed by atoms with Gasteiger partial charge in [-0.25, -0.2) is 0 Å². The van der Waals surface area contributed by atoms with Crippen LogP contribution in [0.1, 0.15) is 181 Å². The fraction of sp³-hybridized carbons (Fsp3) is 0.653. The van der Waals surface area contributed by atoms with Gasteiger partial charge in [0.25, 0.3) is 0 Å². The number of hydrogen-bond acceptors (Lipinski definition) is 4. The van der Waals surface area contributed by atoms with Gasteiger partial charge in [-0.3, -0.25) is 4.79 Å². The normalized spacial score (nSPS) is 13.3. The fourth-order valence-electron chi connectivity index (χ4n) is 5.72. The standard InChI is InChI=1S/C49H82O4/c1-3-5-7-9-11-13-15-17-19-21-23-24-25-26-27-28-30-32-34-36-38-40-42-44-49(51)53-48(46-50)47-52-45-43-41-39-37-35-33-31-29-22-20-18-16-14-12-10-8-6-4-2/h5-8,11-14,17-20,23-24,26-27,48,50H,3-4,9-10,15-16,21-22,25,28-47H2,1-2H3/b7-5-,8-6-,13-11-,14-12-,19-17-,20-18-,24-23-,27-26-. The van der Waals surface area contributed by atoms with E-state index in [4.69, 9.17) is 9.47 Å². The van der Waals surface area contributed by atoms with Crippen molar-refractivity contribution >= 4 is 5.97 Å². The van der Waals surface area contributed by atoms with Crippen LogP contribution in [0.3, 0.4) is 0 Å². The minimum absolute atomic E-state index is 0.185. The maximum Gasteiger partial charge on any atom is 0.306 e. The van der Waals surface area contributed by atoms with Crippen molar-refractivity contribution in [1.29, 1.82) is 0 Å². The molecule has 4 heteroatoms. The summed E-state index contributed by atoms with van der Waals surface area (Å²) >= 11 is 0. The lowest BCUT2D eigenvalue weighted by atomic mass is 10.1. The molecule has 0 aromatic heterocycles. The molecule has 1 unspecified atom stereocenters. The van der Waals surface area contributed by atoms with Crippen LogP contribution in [0.4, 0.5) is 0 Å². The van der Waals surface area contributed by atoms with Crippen molar-refractivity contribution in [3.8, 4) is 0 Å². The number of unbranched alkanes of at least 4 members (excludes halogenated alkanes) is 15. The van der Waals surface area contributed by atoms with E-state index in [2.05, 4.69) is 111 Å². The molecule has 4 nitrogen and oxygen atoms in total. The Morgan fingerprint density at radius 3 is 1.19 bits per heavy atom. The van der Waals surface area contributed by atoms with Crippen LogP contribution in [-0.4, -0.2) is 37.0 Å². The van der Waals surface area contributed by atoms with Gasteiger partial charge in [-0.05, 0) is 89.9 Å². The topological polar surface area (TPSA) is 55.8 Å². The van der Waals surface area contributed by atoms with E-state index in [1.54, 1.807) is 0 Å². The van der Waals surface area contributed by atoms with Crippen LogP contribution in [-0.2, 0) is 14.3 Å². The van der Waals surface area contributed by atoms with Crippen molar-refractivity contribution in [2.75, 3.05) is 19.8 Å². The lowest BCUT2D eigenvalue weighted by Gasteiger charge is -2.16. The molecule has 1 N–H and O–H groups in total. The molecule has 53 heavy (non-hydrogen) atoms. The lowest BCUT2D eigenvalue weighted by molar-refractivity contribution is -0.154. The van der Waals surface area contributed by atoms with Gasteiger partial charge in [0.2, 0.25) is 0 Å². The highest BCUT2D eigenvalue weighted by molar-refractivity contribution is 5.69. The van der Waals surface area contributed by atoms with Gasteiger partial charge in [-0.2, -0.15) is 0 Å². The first-order chi connectivity index (χ1) is 26.2. The van der Waals surface area contributed by atoms with E-state index < -0.39 is 6.10 Å². The predicted molar refractivity (Wildman–Crippen MR) is 232 cm³/mol. The van der Waals surface area contributed by atoms with Crippen molar-refractivity contribution < 1.29 is 19.4 Å². The first-order valence-electron chi connectivity index (χ1n) is 21.8. The summed E-state index contributed by atoms with van der Waals surface area (Å²) in [6.45, 7) is 5.08. The van der Waals surface area contributed by atoms with Crippen LogP contribution in [0, 0.1) is 0 Å². The summed E-state index contributed by atoms with van der Waals surface area (Å²) in [6.07, 6.45) is 64.6. The molecular weight excluding hydrogens is 653 g/mol. The molecule has 0 rings (SSSR count). The highest BCUT2D eigenvalue weighted by atomic mass is 16.6. The fourth-order valence-corrected chi connectivity index (χ4v) is 5.72. The maximum atomic E-state index is 12.2. The first-order valence-corrected chi connectivity index (χ1v) is 21.8. The molecule has 302 valence electrons. The van der Waals surface area contributed by atoms with E-state index in [-0.39, 0.29) is 19.2 Å². The second kappa shape index (κ2) is 45.5. The number of esters is 1. The van der Waals surface area contributed by atoms with E-state index in [0.29, 0.717) is 13.0 Å². The summed E-state index contributed by atoms with van der Waals surface area (Å²) in [5.41, 5.74) is 0. The SMILES string of the molecule is CC/C=C\C/C=C\C/C=C\C/C=C\C/C=C\CCCCCCCCCC(=O)OC(CO)COCCCCCCCCCC/C=C\C/C=C\C/C=C\CC. The van der Waals surface area contributed by atoms with Crippen molar-refractivity contribution in [2.45, 2.75) is 187 Å². The smallest absolute Gasteiger partial charge is 0.306 e. The van der Waals surface area contributed by atoms with Crippen molar-refractivity contribution in [3.05, 3.63) is 97.2 Å². The van der Waals surface area contributed by atoms with Crippen LogP contribution in [0.25, 0.3) is 0 Å². The average Bonchev–Trinajstić information content (AvgIpc) is 3.16. The Labute approximate surface area is 328 Å². The Morgan fingerprint density at radius 1 is 0.453 bits per heavy atom. The molecule has 0 aromatic carbocycles. The molecule has 0 bridgehead atoms. The van der Waals surface area contributed by atoms with Gasteiger partial charge in [-0.15, -0.1) is 0 Å². The quantitative estimate of drug-likeness (QED) is 0.0388. The van der Waals surface area contributed by atoms with Crippen molar-refractivity contribution in [3.63, 3.8) is 0 Å². The first kappa shape index (κ1) is 50.3. The molecule has 1 atom stereocenters. The molecule has 0 aliphatic rings. The van der Waals surface area contributed by atoms with E-state index in [1.807, 2.05) is 0 Å². The summed E-state index contributed by atoms with van der Waals surface area (Å²) in [5.74, 6) is -0.219. The zero-order valence-corrected chi connectivity index (χ0v) is 34.5. The van der Waals surface area contributed by atoms with E-state index in [0.717, 1.165) is 83.5 Å². The minimum Gasteiger partial charge on any atom is -0.457 e. The number of rotatable bonds is 39. The Hall–Kier alpha value is -2.69. The summed E-state index contributed by atoms with van der Waals surface area (Å²) in [7, 11) is 0. The predicted octanol–water partition coefficient (Wildman–Crippen LogP) is 14.5. The Kier molecular flexibility index (Phi) is 43.2. The third kappa shape index (κ3) is 43.6. The van der Waals surface area contributed by atoms with Gasteiger partial charge < -0.3 is 14.6 Å². The van der Waals surface area contributed by atoms with Gasteiger partial charge in [0.05, 0.1) is 13.2 Å². The molecule has 0 aliphatic heterocycles. The zero-order chi connectivity index (χ0) is 38.4. The van der Waals surface area contributed by atoms with Crippen molar-refractivity contribution in [1.82, 2.24) is 0 Å². The Bertz CT molecular complexity index is 996. The van der Waals surface area contributed by atoms with Crippen LogP contribution >= 0.6 is 0 Å². The number of hydrogen-bond donors (Lipinski definition) is 1. The average molecular weight is 735 g/mol. The van der Waals surface area contributed by atoms with Gasteiger partial charge in [0.15, 0.2) is 0 Å². The number of aliphatic hydroxyl groups excluding tert-OH is 1. The zero-order valence-electron chi connectivity index (χ0n) is 34.5. The van der Waals surface area contributed by atoms with Gasteiger partial charge in [-0.1, -0.05) is 182 Å². The molecule has 0 spiro atoms. The summed E-state index contributed by atoms with van der Waals surface area (Å²) < 4.78 is 11.2. The summed E-state index contributed by atoms with van der Waals surface area (Å²) in [6, 6.07) is 0. The third-order valence-corrected chi connectivity index (χ3v) is 8.90. The number of carbonyl (C=O) groups is 1. The van der Waals surface area contributed by atoms with E-state index >= 15 is 0 Å². The maximum absolute atomic E-state index is 12.2. The number of allylic oxidation sites excluding steroid dienone is 16. The number of aliphatic hydroxyl groups is 1. The van der Waals surface area contributed by atoms with E-state index in [9.17, 15) is 9.90 Å². The van der Waals surface area contributed by atoms with E-state index in [1.165, 1.54) is 77.0 Å². The molecule has 0 saturated carbocycles. The number of ether oxygens (including phenoxy) is 2. The van der Waals surface area contributed by atoms with Crippen molar-refractivity contribution in [2.24, 2.45) is 0 Å². The Balaban J connectivity index is 3.51. The third-order valence-electron chi connectivity index (χ3n) is 8.90. The summed E-state index contributed by atoms with van der Waals surface area (Å²) in [5, 5.41) is 9.61. The van der Waals surface area contributed by atoms with Crippen LogP contribution in [0.5, 0.6) is 0 Å². The second-order valence-electron chi connectivity index (χ2n) is 14.0. The largest absolute Gasteiger partial charge is 0.457 e. The molecular formula is C49H82O4. The number of carbonyl (C=O) groups excluding carboxylic acids is 1. The molecule has 0 radical (unpaired) electrons. The molecule has 0 saturated heterocycles. The van der Waals surface area contributed by atoms with Gasteiger partial charge >= 0.3 is 5.97 Å². The molecule has 0 fully saturated rings. The highest BCUT2D eigenvalue weighted by Gasteiger charge is 2.13. The Morgan fingerprint density at radius 2 is 0.792 bits per heavy atom. The molecule has 0 heterocycles. The molecule has 0 aromatic rings. The molecule has 0 amide bonds. The molecule has 0 aliphatic carbocycles. The second-order valence-corrected chi connectivity index (χ2v) is 14.0. The monoisotopic (exact) mass is 735 g/mol. The van der Waals surface area contributed by atoms with Gasteiger partial charge in [0.1, 0.15) is 6.10 Å². The van der Waals surface area contributed by atoms with Crippen LogP contribution < -0.4 is 0 Å². The minimum atomic E-state index is -0.551. The summed E-state index contributed by atoms with van der Waals surface area (Å²) in [4.78, 5) is 12.2. The lowest BCUT2D eigenvalue weighted by Crippen LogP contribution is -2.27. The van der Waals surface area contributed by atoms with Crippen LogP contribution in [0.2, 0.25) is 0 Å². The highest BCUT2D eigenvalue weighted by Crippen LogP contribution is 2.12.